The van der Waals surface area contributed by atoms with E-state index in [2.05, 4.69) is 29.2 Å². The second-order valence-corrected chi connectivity index (χ2v) is 3.86. The van der Waals surface area contributed by atoms with Crippen molar-refractivity contribution in [2.75, 3.05) is 0 Å². The third-order valence-corrected chi connectivity index (χ3v) is 2.80. The Balaban J connectivity index is 2.14. The van der Waals surface area contributed by atoms with Crippen LogP contribution >= 0.6 is 0 Å². The summed E-state index contributed by atoms with van der Waals surface area (Å²) >= 11 is 0. The Kier molecular flexibility index (Phi) is 2.33. The maximum Gasteiger partial charge on any atom is 0.136 e. The van der Waals surface area contributed by atoms with Gasteiger partial charge in [0.25, 0.3) is 0 Å². The minimum Gasteiger partial charge on any atom is -0.486 e. The SMILES string of the molecule is [CH]1CCc2cccc(-c3cccnc3)c2O1. The Morgan fingerprint density at radius 3 is 3.00 bits per heavy atom. The standard InChI is InChI=1S/C14H12NO/c1-4-11-6-3-9-16-14(11)13(7-1)12-5-2-8-15-10-12/h1-2,4-5,7-10H,3,6H2. The lowest BCUT2D eigenvalue weighted by molar-refractivity contribution is 0.368. The molecule has 3 rings (SSSR count). The van der Waals surface area contributed by atoms with Crippen LogP contribution in [-0.4, -0.2) is 4.98 Å². The number of benzene rings is 1. The molecule has 1 aromatic heterocycles. The van der Waals surface area contributed by atoms with Crippen molar-refractivity contribution in [2.24, 2.45) is 0 Å². The van der Waals surface area contributed by atoms with Gasteiger partial charge in [-0.3, -0.25) is 4.98 Å². The molecule has 0 saturated carbocycles. The predicted octanol–water partition coefficient (Wildman–Crippen LogP) is 3.24. The van der Waals surface area contributed by atoms with Crippen LogP contribution in [0.4, 0.5) is 0 Å². The molecule has 1 radical (unpaired) electrons. The van der Waals surface area contributed by atoms with Crippen LogP contribution in [0.3, 0.4) is 0 Å². The Morgan fingerprint density at radius 1 is 1.12 bits per heavy atom. The first kappa shape index (κ1) is 9.40. The number of rotatable bonds is 1. The summed E-state index contributed by atoms with van der Waals surface area (Å²) in [7, 11) is 0. The third kappa shape index (κ3) is 1.56. The van der Waals surface area contributed by atoms with Crippen LogP contribution < -0.4 is 4.74 Å². The van der Waals surface area contributed by atoms with E-state index >= 15 is 0 Å². The highest BCUT2D eigenvalue weighted by molar-refractivity contribution is 5.71. The van der Waals surface area contributed by atoms with E-state index in [0.29, 0.717) is 0 Å². The van der Waals surface area contributed by atoms with Crippen molar-refractivity contribution in [3.8, 4) is 16.9 Å². The van der Waals surface area contributed by atoms with Crippen LogP contribution in [0.1, 0.15) is 12.0 Å². The second kappa shape index (κ2) is 3.97. The van der Waals surface area contributed by atoms with Gasteiger partial charge in [0.05, 0.1) is 0 Å². The zero-order valence-electron chi connectivity index (χ0n) is 8.89. The first-order chi connectivity index (χ1) is 7.95. The van der Waals surface area contributed by atoms with Crippen LogP contribution in [0.5, 0.6) is 5.75 Å². The van der Waals surface area contributed by atoms with E-state index in [1.54, 1.807) is 6.20 Å². The van der Waals surface area contributed by atoms with E-state index in [1.807, 2.05) is 18.9 Å². The molecular formula is C14H12NO. The van der Waals surface area contributed by atoms with E-state index in [4.69, 9.17) is 4.74 Å². The van der Waals surface area contributed by atoms with Gasteiger partial charge in [0.1, 0.15) is 12.4 Å². The number of nitrogens with zero attached hydrogens (tertiary/aromatic N) is 1. The number of pyridine rings is 1. The molecule has 0 bridgehead atoms. The summed E-state index contributed by atoms with van der Waals surface area (Å²) in [6.07, 6.45) is 5.70. The fourth-order valence-electron chi connectivity index (χ4n) is 2.03. The first-order valence-electron chi connectivity index (χ1n) is 5.46. The highest BCUT2D eigenvalue weighted by atomic mass is 16.5. The molecule has 2 aromatic rings. The van der Waals surface area contributed by atoms with Gasteiger partial charge >= 0.3 is 0 Å². The maximum atomic E-state index is 5.66. The van der Waals surface area contributed by atoms with Crippen molar-refractivity contribution in [3.05, 3.63) is 54.9 Å². The van der Waals surface area contributed by atoms with Crippen molar-refractivity contribution in [1.82, 2.24) is 4.98 Å². The highest BCUT2D eigenvalue weighted by Gasteiger charge is 2.15. The fraction of sp³-hybridized carbons (Fsp3) is 0.143. The summed E-state index contributed by atoms with van der Waals surface area (Å²) in [5, 5.41) is 0. The quantitative estimate of drug-likeness (QED) is 0.720. The number of aryl methyl sites for hydroxylation is 1. The summed E-state index contributed by atoms with van der Waals surface area (Å²) in [5.74, 6) is 0.988. The molecule has 0 N–H and O–H groups in total. The number of ether oxygens (including phenoxy) is 1. The fourth-order valence-corrected chi connectivity index (χ4v) is 2.03. The molecule has 79 valence electrons. The molecule has 1 aromatic carbocycles. The summed E-state index contributed by atoms with van der Waals surface area (Å²) in [6, 6.07) is 10.3. The van der Waals surface area contributed by atoms with Crippen molar-refractivity contribution in [2.45, 2.75) is 12.8 Å². The molecule has 1 aliphatic rings. The smallest absolute Gasteiger partial charge is 0.136 e. The van der Waals surface area contributed by atoms with Gasteiger partial charge in [-0.25, -0.2) is 0 Å². The van der Waals surface area contributed by atoms with E-state index in [1.165, 1.54) is 5.56 Å². The summed E-state index contributed by atoms with van der Waals surface area (Å²) in [5.41, 5.74) is 3.51. The first-order valence-corrected chi connectivity index (χ1v) is 5.46. The normalized spacial score (nSPS) is 14.0. The zero-order chi connectivity index (χ0) is 10.8. The number of hydrogen-bond donors (Lipinski definition) is 0. The average molecular weight is 210 g/mol. The molecule has 2 heteroatoms. The van der Waals surface area contributed by atoms with Gasteiger partial charge in [-0.15, -0.1) is 0 Å². The van der Waals surface area contributed by atoms with E-state index < -0.39 is 0 Å². The molecule has 0 saturated heterocycles. The highest BCUT2D eigenvalue weighted by Crippen LogP contribution is 2.36. The minimum atomic E-state index is 0.988. The Morgan fingerprint density at radius 2 is 2.12 bits per heavy atom. The van der Waals surface area contributed by atoms with Crippen LogP contribution in [-0.2, 0) is 6.42 Å². The van der Waals surface area contributed by atoms with Crippen LogP contribution in [0.15, 0.2) is 42.7 Å². The van der Waals surface area contributed by atoms with E-state index in [9.17, 15) is 0 Å². The molecule has 0 amide bonds. The molecule has 1 aliphatic heterocycles. The number of para-hydroxylation sites is 1. The van der Waals surface area contributed by atoms with Gasteiger partial charge in [0.15, 0.2) is 0 Å². The lowest BCUT2D eigenvalue weighted by atomic mass is 9.99. The lowest BCUT2D eigenvalue weighted by Crippen LogP contribution is -2.04. The minimum absolute atomic E-state index is 0.988. The molecule has 0 spiro atoms. The maximum absolute atomic E-state index is 5.66. The summed E-state index contributed by atoms with van der Waals surface area (Å²) in [4.78, 5) is 4.14. The monoisotopic (exact) mass is 210 g/mol. The van der Waals surface area contributed by atoms with Gasteiger partial charge < -0.3 is 4.74 Å². The van der Waals surface area contributed by atoms with Crippen molar-refractivity contribution in [1.29, 1.82) is 0 Å². The molecule has 0 unspecified atom stereocenters. The molecule has 0 atom stereocenters. The number of aromatic nitrogens is 1. The van der Waals surface area contributed by atoms with Crippen molar-refractivity contribution in [3.63, 3.8) is 0 Å². The summed E-state index contributed by atoms with van der Waals surface area (Å²) < 4.78 is 5.66. The molecule has 0 aliphatic carbocycles. The van der Waals surface area contributed by atoms with Crippen LogP contribution in [0.25, 0.3) is 11.1 Å². The molecule has 0 fully saturated rings. The van der Waals surface area contributed by atoms with Gasteiger partial charge in [-0.1, -0.05) is 24.3 Å². The van der Waals surface area contributed by atoms with Crippen molar-refractivity contribution >= 4 is 0 Å². The topological polar surface area (TPSA) is 22.1 Å². The molecule has 2 nitrogen and oxygen atoms in total. The van der Waals surface area contributed by atoms with Gasteiger partial charge in [0, 0.05) is 23.5 Å². The van der Waals surface area contributed by atoms with Crippen LogP contribution in [0.2, 0.25) is 0 Å². The Labute approximate surface area is 94.9 Å². The summed E-state index contributed by atoms with van der Waals surface area (Å²) in [6.45, 7) is 1.88. The Hall–Kier alpha value is -1.83. The lowest BCUT2D eigenvalue weighted by Gasteiger charge is -2.19. The molecule has 2 heterocycles. The zero-order valence-corrected chi connectivity index (χ0v) is 8.89. The predicted molar refractivity (Wildman–Crippen MR) is 62.9 cm³/mol. The van der Waals surface area contributed by atoms with Gasteiger partial charge in [0.2, 0.25) is 0 Å². The van der Waals surface area contributed by atoms with E-state index in [0.717, 1.165) is 29.7 Å². The van der Waals surface area contributed by atoms with Crippen molar-refractivity contribution < 1.29 is 4.74 Å². The van der Waals surface area contributed by atoms with E-state index in [-0.39, 0.29) is 0 Å². The average Bonchev–Trinajstić information content (AvgIpc) is 2.39. The van der Waals surface area contributed by atoms with Gasteiger partial charge in [-0.2, -0.15) is 0 Å². The number of fused-ring (bicyclic) bond motifs is 1. The van der Waals surface area contributed by atoms with Gasteiger partial charge in [-0.05, 0) is 24.5 Å². The second-order valence-electron chi connectivity index (χ2n) is 3.86. The number of hydrogen-bond acceptors (Lipinski definition) is 2. The third-order valence-electron chi connectivity index (χ3n) is 2.80. The largest absolute Gasteiger partial charge is 0.486 e. The molecule has 16 heavy (non-hydrogen) atoms. The Bertz CT molecular complexity index is 493. The molecular weight excluding hydrogens is 198 g/mol. The van der Waals surface area contributed by atoms with Crippen LogP contribution in [0, 0.1) is 6.61 Å².